The van der Waals surface area contributed by atoms with Crippen LogP contribution in [0.2, 0.25) is 0 Å². The summed E-state index contributed by atoms with van der Waals surface area (Å²) in [7, 11) is 0. The van der Waals surface area contributed by atoms with Gasteiger partial charge in [0.2, 0.25) is 5.91 Å². The van der Waals surface area contributed by atoms with Crippen LogP contribution in [0.25, 0.3) is 0 Å². The average molecular weight is 224 g/mol. The van der Waals surface area contributed by atoms with Crippen LogP contribution in [0.5, 0.6) is 0 Å². The number of carbonyl (C=O) groups is 1. The standard InChI is InChI=1S/C13H24N2O/c1-11-6-2-5-9-15(11)12(16)10-13(14)7-3-4-8-13/h11H,2-10,14H2,1H3. The summed E-state index contributed by atoms with van der Waals surface area (Å²) in [6.45, 7) is 3.10. The molecule has 0 aromatic carbocycles. The fourth-order valence-corrected chi connectivity index (χ4v) is 3.13. The molecular formula is C13H24N2O. The van der Waals surface area contributed by atoms with Crippen molar-refractivity contribution in [2.75, 3.05) is 6.54 Å². The Kier molecular flexibility index (Phi) is 3.53. The number of likely N-dealkylation sites (tertiary alicyclic amines) is 1. The summed E-state index contributed by atoms with van der Waals surface area (Å²) >= 11 is 0. The summed E-state index contributed by atoms with van der Waals surface area (Å²) in [5.74, 6) is 0.289. The quantitative estimate of drug-likeness (QED) is 0.780. The van der Waals surface area contributed by atoms with Crippen LogP contribution in [0.1, 0.15) is 58.3 Å². The van der Waals surface area contributed by atoms with E-state index >= 15 is 0 Å². The van der Waals surface area contributed by atoms with Gasteiger partial charge in [0.25, 0.3) is 0 Å². The van der Waals surface area contributed by atoms with Gasteiger partial charge >= 0.3 is 0 Å². The van der Waals surface area contributed by atoms with E-state index < -0.39 is 0 Å². The van der Waals surface area contributed by atoms with E-state index in [1.807, 2.05) is 0 Å². The fourth-order valence-electron chi connectivity index (χ4n) is 3.13. The zero-order chi connectivity index (χ0) is 11.6. The van der Waals surface area contributed by atoms with E-state index in [9.17, 15) is 4.79 Å². The number of hydrogen-bond acceptors (Lipinski definition) is 2. The van der Waals surface area contributed by atoms with Crippen LogP contribution >= 0.6 is 0 Å². The Bertz CT molecular complexity index is 259. The number of carbonyl (C=O) groups excluding carboxylic acids is 1. The molecule has 0 aromatic rings. The number of nitrogens with zero attached hydrogens (tertiary/aromatic N) is 1. The first-order chi connectivity index (χ1) is 7.61. The van der Waals surface area contributed by atoms with Gasteiger partial charge in [0, 0.05) is 24.5 Å². The SMILES string of the molecule is CC1CCCCN1C(=O)CC1(N)CCCC1. The van der Waals surface area contributed by atoms with Crippen LogP contribution < -0.4 is 5.73 Å². The number of amides is 1. The van der Waals surface area contributed by atoms with E-state index in [2.05, 4.69) is 11.8 Å². The molecule has 1 heterocycles. The molecule has 1 aliphatic carbocycles. The predicted molar refractivity (Wildman–Crippen MR) is 65.0 cm³/mol. The summed E-state index contributed by atoms with van der Waals surface area (Å²) in [6, 6.07) is 0.422. The highest BCUT2D eigenvalue weighted by molar-refractivity contribution is 5.78. The van der Waals surface area contributed by atoms with E-state index in [4.69, 9.17) is 5.73 Å². The molecule has 1 saturated heterocycles. The lowest BCUT2D eigenvalue weighted by Crippen LogP contribution is -2.48. The highest BCUT2D eigenvalue weighted by Gasteiger charge is 2.34. The zero-order valence-electron chi connectivity index (χ0n) is 10.4. The molecule has 1 aliphatic heterocycles. The Morgan fingerprint density at radius 3 is 2.62 bits per heavy atom. The maximum absolute atomic E-state index is 12.2. The Morgan fingerprint density at radius 1 is 1.31 bits per heavy atom. The molecule has 16 heavy (non-hydrogen) atoms. The van der Waals surface area contributed by atoms with E-state index in [1.165, 1.54) is 19.3 Å². The second-order valence-corrected chi connectivity index (χ2v) is 5.68. The number of piperidine rings is 1. The lowest BCUT2D eigenvalue weighted by atomic mass is 9.92. The van der Waals surface area contributed by atoms with Crippen LogP contribution in [0.4, 0.5) is 0 Å². The molecule has 1 amide bonds. The van der Waals surface area contributed by atoms with Crippen LogP contribution in [0.15, 0.2) is 0 Å². The molecule has 1 saturated carbocycles. The van der Waals surface area contributed by atoms with Crippen LogP contribution in [0.3, 0.4) is 0 Å². The maximum Gasteiger partial charge on any atom is 0.224 e. The molecule has 2 rings (SSSR count). The van der Waals surface area contributed by atoms with E-state index in [0.717, 1.165) is 32.2 Å². The first-order valence-corrected chi connectivity index (χ1v) is 6.69. The molecule has 2 aliphatic rings. The summed E-state index contributed by atoms with van der Waals surface area (Å²) in [6.07, 6.45) is 8.59. The van der Waals surface area contributed by atoms with Gasteiger partial charge in [-0.2, -0.15) is 0 Å². The fraction of sp³-hybridized carbons (Fsp3) is 0.923. The third kappa shape index (κ3) is 2.57. The van der Waals surface area contributed by atoms with Crippen molar-refractivity contribution >= 4 is 5.91 Å². The Morgan fingerprint density at radius 2 is 2.00 bits per heavy atom. The van der Waals surface area contributed by atoms with Crippen LogP contribution in [-0.4, -0.2) is 28.9 Å². The first-order valence-electron chi connectivity index (χ1n) is 6.69. The molecule has 0 radical (unpaired) electrons. The minimum Gasteiger partial charge on any atom is -0.340 e. The van der Waals surface area contributed by atoms with Crippen molar-refractivity contribution in [3.8, 4) is 0 Å². The summed E-state index contributed by atoms with van der Waals surface area (Å²) in [5, 5.41) is 0. The molecular weight excluding hydrogens is 200 g/mol. The number of hydrogen-bond donors (Lipinski definition) is 1. The molecule has 3 nitrogen and oxygen atoms in total. The minimum absolute atomic E-state index is 0.186. The molecule has 0 aromatic heterocycles. The third-order valence-corrected chi connectivity index (χ3v) is 4.23. The molecule has 2 fully saturated rings. The van der Waals surface area contributed by atoms with Gasteiger partial charge in [-0.3, -0.25) is 4.79 Å². The van der Waals surface area contributed by atoms with Gasteiger partial charge in [-0.25, -0.2) is 0 Å². The van der Waals surface area contributed by atoms with Crippen molar-refractivity contribution in [2.24, 2.45) is 5.73 Å². The molecule has 92 valence electrons. The summed E-state index contributed by atoms with van der Waals surface area (Å²) < 4.78 is 0. The lowest BCUT2D eigenvalue weighted by molar-refractivity contribution is -0.135. The minimum atomic E-state index is -0.186. The highest BCUT2D eigenvalue weighted by Crippen LogP contribution is 2.31. The second-order valence-electron chi connectivity index (χ2n) is 5.68. The van der Waals surface area contributed by atoms with Gasteiger partial charge in [0.05, 0.1) is 0 Å². The van der Waals surface area contributed by atoms with Crippen LogP contribution in [0, 0.1) is 0 Å². The van der Waals surface area contributed by atoms with Gasteiger partial charge < -0.3 is 10.6 Å². The normalized spacial score (nSPS) is 29.4. The Hall–Kier alpha value is -0.570. The monoisotopic (exact) mass is 224 g/mol. The van der Waals surface area contributed by atoms with Gasteiger partial charge in [-0.05, 0) is 39.0 Å². The predicted octanol–water partition coefficient (Wildman–Crippen LogP) is 2.05. The van der Waals surface area contributed by atoms with Crippen molar-refractivity contribution in [3.05, 3.63) is 0 Å². The largest absolute Gasteiger partial charge is 0.340 e. The number of rotatable bonds is 2. The highest BCUT2D eigenvalue weighted by atomic mass is 16.2. The second kappa shape index (κ2) is 4.74. The maximum atomic E-state index is 12.2. The molecule has 2 N–H and O–H groups in total. The third-order valence-electron chi connectivity index (χ3n) is 4.23. The van der Waals surface area contributed by atoms with Crippen molar-refractivity contribution in [1.29, 1.82) is 0 Å². The summed E-state index contributed by atoms with van der Waals surface area (Å²) in [4.78, 5) is 14.3. The van der Waals surface area contributed by atoms with E-state index in [0.29, 0.717) is 12.5 Å². The Balaban J connectivity index is 1.91. The van der Waals surface area contributed by atoms with Gasteiger partial charge in [0.1, 0.15) is 0 Å². The van der Waals surface area contributed by atoms with Crippen molar-refractivity contribution in [1.82, 2.24) is 4.90 Å². The summed E-state index contributed by atoms with van der Waals surface area (Å²) in [5.41, 5.74) is 6.08. The molecule has 0 spiro atoms. The molecule has 0 bridgehead atoms. The smallest absolute Gasteiger partial charge is 0.224 e. The topological polar surface area (TPSA) is 46.3 Å². The van der Waals surface area contributed by atoms with Gasteiger partial charge in [-0.1, -0.05) is 12.8 Å². The number of nitrogens with two attached hydrogens (primary N) is 1. The molecule has 1 atom stereocenters. The Labute approximate surface area is 98.4 Å². The first kappa shape index (κ1) is 11.9. The lowest BCUT2D eigenvalue weighted by Gasteiger charge is -2.36. The van der Waals surface area contributed by atoms with Crippen molar-refractivity contribution in [3.63, 3.8) is 0 Å². The zero-order valence-corrected chi connectivity index (χ0v) is 10.4. The van der Waals surface area contributed by atoms with Gasteiger partial charge in [-0.15, -0.1) is 0 Å². The van der Waals surface area contributed by atoms with Crippen molar-refractivity contribution < 1.29 is 4.79 Å². The van der Waals surface area contributed by atoms with E-state index in [-0.39, 0.29) is 11.4 Å². The molecule has 3 heteroatoms. The van der Waals surface area contributed by atoms with Crippen molar-refractivity contribution in [2.45, 2.75) is 69.9 Å². The molecule has 1 unspecified atom stereocenters. The average Bonchev–Trinajstić information content (AvgIpc) is 2.65. The van der Waals surface area contributed by atoms with Gasteiger partial charge in [0.15, 0.2) is 0 Å². The van der Waals surface area contributed by atoms with Crippen LogP contribution in [-0.2, 0) is 4.79 Å². The van der Waals surface area contributed by atoms with E-state index in [1.54, 1.807) is 0 Å².